The quantitative estimate of drug-likeness (QED) is 0.766. The van der Waals surface area contributed by atoms with Crippen molar-refractivity contribution >= 4 is 44.7 Å². The minimum Gasteiger partial charge on any atom is -0.352 e. The summed E-state index contributed by atoms with van der Waals surface area (Å²) in [7, 11) is 0. The average Bonchev–Trinajstić information content (AvgIpc) is 3.28. The number of urea groups is 1. The standard InChI is InChI=1S/C17H19N5OS2/c1-12-2-3-13(25-12)10-18-17(23)22-7-5-21(6-8-22)16-15-14(4-9-24-15)19-11-20-16/h2-4,9,11H,5-8,10H2,1H3,(H,18,23). The van der Waals surface area contributed by atoms with Gasteiger partial charge in [0, 0.05) is 35.9 Å². The molecule has 3 aromatic heterocycles. The van der Waals surface area contributed by atoms with Gasteiger partial charge in [-0.2, -0.15) is 0 Å². The summed E-state index contributed by atoms with van der Waals surface area (Å²) in [4.78, 5) is 27.7. The number of fused-ring (bicyclic) bond motifs is 1. The maximum Gasteiger partial charge on any atom is 0.317 e. The molecule has 4 rings (SSSR count). The Morgan fingerprint density at radius 1 is 1.20 bits per heavy atom. The van der Waals surface area contributed by atoms with Gasteiger partial charge in [-0.15, -0.1) is 22.7 Å². The highest BCUT2D eigenvalue weighted by molar-refractivity contribution is 7.17. The van der Waals surface area contributed by atoms with Gasteiger partial charge in [-0.05, 0) is 30.5 Å². The summed E-state index contributed by atoms with van der Waals surface area (Å²) >= 11 is 3.39. The Bertz CT molecular complexity index is 882. The molecule has 6 nitrogen and oxygen atoms in total. The van der Waals surface area contributed by atoms with Gasteiger partial charge < -0.3 is 15.1 Å². The van der Waals surface area contributed by atoms with Crippen LogP contribution < -0.4 is 10.2 Å². The number of piperazine rings is 1. The number of nitrogens with one attached hydrogen (secondary N) is 1. The molecule has 1 saturated heterocycles. The lowest BCUT2D eigenvalue weighted by Gasteiger charge is -2.35. The van der Waals surface area contributed by atoms with Crippen molar-refractivity contribution in [2.75, 3.05) is 31.1 Å². The summed E-state index contributed by atoms with van der Waals surface area (Å²) in [6.45, 7) is 5.65. The number of hydrogen-bond acceptors (Lipinski definition) is 6. The monoisotopic (exact) mass is 373 g/mol. The first-order chi connectivity index (χ1) is 12.2. The van der Waals surface area contributed by atoms with Crippen LogP contribution in [0.15, 0.2) is 29.9 Å². The fourth-order valence-corrected chi connectivity index (χ4v) is 4.67. The lowest BCUT2D eigenvalue weighted by atomic mass is 10.3. The number of thiophene rings is 2. The molecule has 1 aliphatic rings. The molecule has 0 spiro atoms. The van der Waals surface area contributed by atoms with Gasteiger partial charge in [0.2, 0.25) is 0 Å². The van der Waals surface area contributed by atoms with Crippen LogP contribution in [0.3, 0.4) is 0 Å². The number of nitrogens with zero attached hydrogens (tertiary/aromatic N) is 4. The number of hydrogen-bond donors (Lipinski definition) is 1. The number of amides is 2. The summed E-state index contributed by atoms with van der Waals surface area (Å²) in [6.07, 6.45) is 1.62. The smallest absolute Gasteiger partial charge is 0.317 e. The molecule has 0 aromatic carbocycles. The Labute approximate surface area is 154 Å². The van der Waals surface area contributed by atoms with Crippen molar-refractivity contribution in [2.45, 2.75) is 13.5 Å². The summed E-state index contributed by atoms with van der Waals surface area (Å²) in [6, 6.07) is 6.17. The van der Waals surface area contributed by atoms with Crippen molar-refractivity contribution in [2.24, 2.45) is 0 Å². The Balaban J connectivity index is 1.35. The van der Waals surface area contributed by atoms with Crippen molar-refractivity contribution in [3.63, 3.8) is 0 Å². The maximum atomic E-state index is 12.4. The molecule has 2 amide bonds. The molecule has 1 aliphatic heterocycles. The summed E-state index contributed by atoms with van der Waals surface area (Å²) < 4.78 is 1.12. The third-order valence-corrected chi connectivity index (χ3v) is 6.20. The molecule has 0 aliphatic carbocycles. The highest BCUT2D eigenvalue weighted by Crippen LogP contribution is 2.28. The van der Waals surface area contributed by atoms with Gasteiger partial charge in [0.05, 0.1) is 16.8 Å². The first-order valence-electron chi connectivity index (χ1n) is 8.22. The highest BCUT2D eigenvalue weighted by atomic mass is 32.1. The van der Waals surface area contributed by atoms with Gasteiger partial charge in [-0.25, -0.2) is 14.8 Å². The van der Waals surface area contributed by atoms with Crippen LogP contribution in [-0.2, 0) is 6.54 Å². The van der Waals surface area contributed by atoms with Crippen LogP contribution in [0.5, 0.6) is 0 Å². The predicted octanol–water partition coefficient (Wildman–Crippen LogP) is 3.09. The highest BCUT2D eigenvalue weighted by Gasteiger charge is 2.23. The first-order valence-corrected chi connectivity index (χ1v) is 9.91. The van der Waals surface area contributed by atoms with Crippen LogP contribution in [0.2, 0.25) is 0 Å². The van der Waals surface area contributed by atoms with Crippen molar-refractivity contribution in [1.82, 2.24) is 20.2 Å². The van der Waals surface area contributed by atoms with E-state index in [0.717, 1.165) is 29.1 Å². The van der Waals surface area contributed by atoms with Gasteiger partial charge in [0.15, 0.2) is 0 Å². The summed E-state index contributed by atoms with van der Waals surface area (Å²) in [5, 5.41) is 5.06. The van der Waals surface area contributed by atoms with E-state index in [1.165, 1.54) is 9.75 Å². The summed E-state index contributed by atoms with van der Waals surface area (Å²) in [5.41, 5.74) is 0.987. The van der Waals surface area contributed by atoms with Crippen LogP contribution >= 0.6 is 22.7 Å². The van der Waals surface area contributed by atoms with Gasteiger partial charge in [0.25, 0.3) is 0 Å². The second-order valence-corrected chi connectivity index (χ2v) is 8.27. The lowest BCUT2D eigenvalue weighted by molar-refractivity contribution is 0.194. The molecule has 25 heavy (non-hydrogen) atoms. The van der Waals surface area contributed by atoms with E-state index in [1.54, 1.807) is 29.0 Å². The number of carbonyl (C=O) groups excluding carboxylic acids is 1. The Morgan fingerprint density at radius 3 is 2.80 bits per heavy atom. The Morgan fingerprint density at radius 2 is 2.04 bits per heavy atom. The normalized spacial score (nSPS) is 14.9. The fraction of sp³-hybridized carbons (Fsp3) is 0.353. The predicted molar refractivity (Wildman–Crippen MR) is 102 cm³/mol. The molecule has 0 radical (unpaired) electrons. The maximum absolute atomic E-state index is 12.4. The van der Waals surface area contributed by atoms with E-state index in [2.05, 4.69) is 39.2 Å². The van der Waals surface area contributed by atoms with Crippen molar-refractivity contribution in [1.29, 1.82) is 0 Å². The van der Waals surface area contributed by atoms with E-state index in [1.807, 2.05) is 16.3 Å². The fourth-order valence-electron chi connectivity index (χ4n) is 2.98. The van der Waals surface area contributed by atoms with Crippen LogP contribution in [-0.4, -0.2) is 47.1 Å². The third kappa shape index (κ3) is 3.45. The van der Waals surface area contributed by atoms with Crippen LogP contribution in [0, 0.1) is 6.92 Å². The van der Waals surface area contributed by atoms with Gasteiger partial charge in [-0.1, -0.05) is 0 Å². The number of carbonyl (C=O) groups is 1. The Kier molecular flexibility index (Phi) is 4.54. The average molecular weight is 374 g/mol. The van der Waals surface area contributed by atoms with Gasteiger partial charge in [-0.3, -0.25) is 0 Å². The minimum absolute atomic E-state index is 0.00895. The zero-order valence-corrected chi connectivity index (χ0v) is 15.6. The topological polar surface area (TPSA) is 61.4 Å². The van der Waals surface area contributed by atoms with E-state index in [4.69, 9.17) is 0 Å². The second kappa shape index (κ2) is 6.97. The van der Waals surface area contributed by atoms with E-state index in [9.17, 15) is 4.79 Å². The molecule has 4 heterocycles. The molecule has 0 unspecified atom stereocenters. The largest absolute Gasteiger partial charge is 0.352 e. The number of aryl methyl sites for hydroxylation is 1. The molecule has 3 aromatic rings. The number of rotatable bonds is 3. The minimum atomic E-state index is 0.00895. The molecule has 1 fully saturated rings. The molecule has 8 heteroatoms. The zero-order valence-electron chi connectivity index (χ0n) is 13.9. The molecule has 0 atom stereocenters. The zero-order chi connectivity index (χ0) is 17.2. The second-order valence-electron chi connectivity index (χ2n) is 5.98. The number of aromatic nitrogens is 2. The van der Waals surface area contributed by atoms with Gasteiger partial charge in [0.1, 0.15) is 12.1 Å². The van der Waals surface area contributed by atoms with Crippen molar-refractivity contribution < 1.29 is 4.79 Å². The molecule has 1 N–H and O–H groups in total. The van der Waals surface area contributed by atoms with Crippen molar-refractivity contribution in [3.05, 3.63) is 39.7 Å². The van der Waals surface area contributed by atoms with E-state index >= 15 is 0 Å². The van der Waals surface area contributed by atoms with E-state index in [0.29, 0.717) is 19.6 Å². The summed E-state index contributed by atoms with van der Waals surface area (Å²) in [5.74, 6) is 0.981. The molecular formula is C17H19N5OS2. The van der Waals surface area contributed by atoms with Gasteiger partial charge >= 0.3 is 6.03 Å². The SMILES string of the molecule is Cc1ccc(CNC(=O)N2CCN(c3ncnc4ccsc34)CC2)s1. The van der Waals surface area contributed by atoms with Crippen LogP contribution in [0.4, 0.5) is 10.6 Å². The van der Waals surface area contributed by atoms with E-state index < -0.39 is 0 Å². The molecule has 0 bridgehead atoms. The Hall–Kier alpha value is -2.19. The number of anilines is 1. The molecule has 130 valence electrons. The van der Waals surface area contributed by atoms with Crippen molar-refractivity contribution in [3.8, 4) is 0 Å². The molecule has 0 saturated carbocycles. The van der Waals surface area contributed by atoms with Crippen LogP contribution in [0.1, 0.15) is 9.75 Å². The lowest BCUT2D eigenvalue weighted by Crippen LogP contribution is -2.51. The molecular weight excluding hydrogens is 354 g/mol. The third-order valence-electron chi connectivity index (χ3n) is 4.30. The first kappa shape index (κ1) is 16.3. The van der Waals surface area contributed by atoms with Crippen LogP contribution in [0.25, 0.3) is 10.2 Å². The van der Waals surface area contributed by atoms with E-state index in [-0.39, 0.29) is 6.03 Å².